The number of hydrogen-bond donors (Lipinski definition) is 0. The van der Waals surface area contributed by atoms with E-state index in [1.165, 1.54) is 0 Å². The van der Waals surface area contributed by atoms with Crippen molar-refractivity contribution in [3.05, 3.63) is 0 Å². The molecule has 5 fully saturated rings. The van der Waals surface area contributed by atoms with Gasteiger partial charge in [-0.15, -0.1) is 0 Å². The fourth-order valence-electron chi connectivity index (χ4n) is 6.82. The average Bonchev–Trinajstić information content (AvgIpc) is 3.47. The maximum absolute atomic E-state index is 13.1. The normalized spacial score (nSPS) is 42.6. The lowest BCUT2D eigenvalue weighted by molar-refractivity contribution is -0.174. The zero-order valence-corrected chi connectivity index (χ0v) is 19.2. The second-order valence-electron chi connectivity index (χ2n) is 9.93. The number of fused-ring (bicyclic) bond motifs is 3. The van der Waals surface area contributed by atoms with Crippen LogP contribution in [0.1, 0.15) is 32.1 Å². The molecule has 10 atom stereocenters. The Hall–Kier alpha value is -1.45. The summed E-state index contributed by atoms with van der Waals surface area (Å²) in [6, 6.07) is 0. The molecule has 1 heterocycles. The van der Waals surface area contributed by atoms with Crippen molar-refractivity contribution in [3.8, 4) is 0 Å². The Kier molecular flexibility index (Phi) is 5.54. The number of esters is 2. The van der Waals surface area contributed by atoms with Crippen LogP contribution in [-0.2, 0) is 43.5 Å². The van der Waals surface area contributed by atoms with Gasteiger partial charge >= 0.3 is 18.1 Å². The summed E-state index contributed by atoms with van der Waals surface area (Å²) in [4.78, 5) is 25.8. The van der Waals surface area contributed by atoms with Crippen LogP contribution in [0.15, 0.2) is 0 Å². The average molecular weight is 532 g/mol. The zero-order valence-electron chi connectivity index (χ0n) is 17.5. The van der Waals surface area contributed by atoms with Crippen LogP contribution in [0.2, 0.25) is 0 Å². The molecule has 0 aromatic rings. The van der Waals surface area contributed by atoms with Gasteiger partial charge in [0.25, 0.3) is 10.1 Å². The number of alkyl halides is 3. The highest BCUT2D eigenvalue weighted by atomic mass is 32.2. The van der Waals surface area contributed by atoms with Gasteiger partial charge in [0.1, 0.15) is 28.9 Å². The third-order valence-electron chi connectivity index (χ3n) is 8.22. The van der Waals surface area contributed by atoms with Crippen LogP contribution in [0, 0.1) is 35.5 Å². The lowest BCUT2D eigenvalue weighted by atomic mass is 9.79. The van der Waals surface area contributed by atoms with Gasteiger partial charge in [0.2, 0.25) is 0 Å². The molecule has 1 saturated heterocycles. The molecule has 0 N–H and O–H groups in total. The SMILES string of the molecule is O=C(OCC(C(F)(F)F)S(=O)(=O)[O-])C1C2CCC(C2)C1C(=O)OC1C2CC3C1OS(=O)(=O)C3C2. The Balaban J connectivity index is 1.28. The van der Waals surface area contributed by atoms with Gasteiger partial charge in [-0.1, -0.05) is 0 Å². The fourth-order valence-corrected chi connectivity index (χ4v) is 9.27. The predicted octanol–water partition coefficient (Wildman–Crippen LogP) is 0.717. The van der Waals surface area contributed by atoms with E-state index in [-0.39, 0.29) is 23.7 Å². The van der Waals surface area contributed by atoms with Gasteiger partial charge in [-0.2, -0.15) is 21.6 Å². The maximum Gasteiger partial charge on any atom is 0.407 e. The molecule has 4 bridgehead atoms. The predicted molar refractivity (Wildman–Crippen MR) is 102 cm³/mol. The summed E-state index contributed by atoms with van der Waals surface area (Å²) < 4.78 is 111. The first-order valence-electron chi connectivity index (χ1n) is 11.0. The molecule has 1 aliphatic heterocycles. The third kappa shape index (κ3) is 3.82. The van der Waals surface area contributed by atoms with E-state index in [0.29, 0.717) is 32.1 Å². The second kappa shape index (κ2) is 7.77. The number of hydrogen-bond acceptors (Lipinski definition) is 10. The zero-order chi connectivity index (χ0) is 24.8. The van der Waals surface area contributed by atoms with Crippen LogP contribution in [0.25, 0.3) is 0 Å². The van der Waals surface area contributed by atoms with Gasteiger partial charge in [-0.05, 0) is 43.9 Å². The molecule has 192 valence electrons. The van der Waals surface area contributed by atoms with Gasteiger partial charge in [-0.25, -0.2) is 8.42 Å². The summed E-state index contributed by atoms with van der Waals surface area (Å²) in [6.45, 7) is -1.69. The Bertz CT molecular complexity index is 1100. The summed E-state index contributed by atoms with van der Waals surface area (Å²) in [7, 11) is -9.55. The molecule has 15 heteroatoms. The quantitative estimate of drug-likeness (QED) is 0.272. The topological polar surface area (TPSA) is 153 Å². The Morgan fingerprint density at radius 2 is 1.65 bits per heavy atom. The van der Waals surface area contributed by atoms with Crippen molar-refractivity contribution in [2.24, 2.45) is 35.5 Å². The van der Waals surface area contributed by atoms with Gasteiger partial charge in [0.05, 0.1) is 17.1 Å². The minimum absolute atomic E-state index is 0.194. The highest BCUT2D eigenvalue weighted by Crippen LogP contribution is 2.57. The van der Waals surface area contributed by atoms with Crippen molar-refractivity contribution in [2.45, 2.75) is 61.0 Å². The van der Waals surface area contributed by atoms with Crippen LogP contribution < -0.4 is 0 Å². The van der Waals surface area contributed by atoms with Crippen molar-refractivity contribution >= 4 is 32.2 Å². The summed E-state index contributed by atoms with van der Waals surface area (Å²) in [5.41, 5.74) is 0. The molecule has 0 spiro atoms. The molecule has 0 aromatic heterocycles. The van der Waals surface area contributed by atoms with Gasteiger partial charge in [0.15, 0.2) is 5.25 Å². The van der Waals surface area contributed by atoms with Gasteiger partial charge < -0.3 is 14.0 Å². The Labute approximate surface area is 193 Å². The van der Waals surface area contributed by atoms with E-state index in [1.54, 1.807) is 0 Å². The maximum atomic E-state index is 13.1. The first-order valence-corrected chi connectivity index (χ1v) is 13.9. The first kappa shape index (κ1) is 24.3. The molecule has 0 amide bonds. The minimum Gasteiger partial charge on any atom is -0.747 e. The van der Waals surface area contributed by atoms with Crippen LogP contribution >= 0.6 is 0 Å². The minimum atomic E-state index is -5.82. The molecule has 0 radical (unpaired) electrons. The van der Waals surface area contributed by atoms with Crippen LogP contribution in [0.3, 0.4) is 0 Å². The fraction of sp³-hybridized carbons (Fsp3) is 0.895. The standard InChI is InChI=1S/C19H23F3O10S2/c20-19(21,22)12(33(25,26)27)6-30-17(23)13-7-1-2-8(3-7)14(13)18(24)31-15-9-4-10-11(5-9)34(28,29)32-16(10)15/h7-16H,1-6H2,(H,25,26,27)/p-1. The summed E-state index contributed by atoms with van der Waals surface area (Å²) in [5, 5.41) is -4.02. The molecular formula is C19H22F3O10S2-. The van der Waals surface area contributed by atoms with E-state index in [0.717, 1.165) is 0 Å². The molecular weight excluding hydrogens is 509 g/mol. The van der Waals surface area contributed by atoms with E-state index in [2.05, 4.69) is 4.74 Å². The Morgan fingerprint density at radius 3 is 2.24 bits per heavy atom. The van der Waals surface area contributed by atoms with Crippen molar-refractivity contribution in [2.75, 3.05) is 6.61 Å². The first-order chi connectivity index (χ1) is 15.7. The Morgan fingerprint density at radius 1 is 1.03 bits per heavy atom. The molecule has 10 unspecified atom stereocenters. The number of carbonyl (C=O) groups is 2. The summed E-state index contributed by atoms with van der Waals surface area (Å²) in [5.74, 6) is -5.16. The number of halogens is 3. The number of rotatable bonds is 6. The van der Waals surface area contributed by atoms with Gasteiger partial charge in [-0.3, -0.25) is 13.8 Å². The molecule has 5 rings (SSSR count). The van der Waals surface area contributed by atoms with Gasteiger partial charge in [0, 0.05) is 11.8 Å². The van der Waals surface area contributed by atoms with Crippen molar-refractivity contribution in [3.63, 3.8) is 0 Å². The third-order valence-corrected chi connectivity index (χ3v) is 11.1. The molecule has 10 nitrogen and oxygen atoms in total. The van der Waals surface area contributed by atoms with E-state index in [4.69, 9.17) is 8.92 Å². The molecule has 5 aliphatic rings. The van der Waals surface area contributed by atoms with Crippen LogP contribution in [0.5, 0.6) is 0 Å². The van der Waals surface area contributed by atoms with Crippen LogP contribution in [-0.4, -0.2) is 68.8 Å². The lowest BCUT2D eigenvalue weighted by Crippen LogP contribution is -2.44. The largest absolute Gasteiger partial charge is 0.747 e. The number of carbonyl (C=O) groups excluding carboxylic acids is 2. The molecule has 4 aliphatic carbocycles. The molecule has 4 saturated carbocycles. The number of ether oxygens (including phenoxy) is 2. The van der Waals surface area contributed by atoms with E-state index in [9.17, 15) is 44.1 Å². The molecule has 34 heavy (non-hydrogen) atoms. The molecule has 0 aromatic carbocycles. The smallest absolute Gasteiger partial charge is 0.407 e. The summed E-state index contributed by atoms with van der Waals surface area (Å²) in [6.07, 6.45) is -4.55. The highest BCUT2D eigenvalue weighted by Gasteiger charge is 2.66. The lowest BCUT2D eigenvalue weighted by Gasteiger charge is -2.32. The second-order valence-corrected chi connectivity index (χ2v) is 13.3. The highest BCUT2D eigenvalue weighted by molar-refractivity contribution is 7.87. The van der Waals surface area contributed by atoms with Crippen molar-refractivity contribution < 1.29 is 57.8 Å². The van der Waals surface area contributed by atoms with Crippen molar-refractivity contribution in [1.29, 1.82) is 0 Å². The summed E-state index contributed by atoms with van der Waals surface area (Å²) >= 11 is 0. The van der Waals surface area contributed by atoms with Crippen LogP contribution in [0.4, 0.5) is 13.2 Å². The van der Waals surface area contributed by atoms with E-state index in [1.807, 2.05) is 0 Å². The van der Waals surface area contributed by atoms with E-state index < -0.39 is 79.5 Å². The van der Waals surface area contributed by atoms with Crippen molar-refractivity contribution in [1.82, 2.24) is 0 Å². The van der Waals surface area contributed by atoms with E-state index >= 15 is 0 Å². The monoisotopic (exact) mass is 531 g/mol.